The van der Waals surface area contributed by atoms with Gasteiger partial charge in [-0.1, -0.05) is 6.92 Å². The molecule has 1 aromatic rings. The molecule has 0 aromatic carbocycles. The summed E-state index contributed by atoms with van der Waals surface area (Å²) in [6.45, 7) is 2.62. The van der Waals surface area contributed by atoms with Gasteiger partial charge < -0.3 is 0 Å². The summed E-state index contributed by atoms with van der Waals surface area (Å²) < 4.78 is 26.9. The van der Waals surface area contributed by atoms with Gasteiger partial charge in [0.25, 0.3) is 10.0 Å². The van der Waals surface area contributed by atoms with Crippen LogP contribution in [0.25, 0.3) is 0 Å². The van der Waals surface area contributed by atoms with E-state index >= 15 is 0 Å². The Bertz CT molecular complexity index is 479. The maximum Gasteiger partial charge on any atom is 0.252 e. The molecule has 1 saturated carbocycles. The molecule has 0 aliphatic heterocycles. The first-order valence-corrected chi connectivity index (χ1v) is 8.60. The van der Waals surface area contributed by atoms with Gasteiger partial charge in [-0.15, -0.1) is 22.9 Å². The van der Waals surface area contributed by atoms with Gasteiger partial charge in [0.1, 0.15) is 4.21 Å². The molecule has 1 heterocycles. The fourth-order valence-electron chi connectivity index (χ4n) is 1.76. The molecule has 0 unspecified atom stereocenters. The molecule has 96 valence electrons. The Balaban J connectivity index is 2.26. The molecule has 2 rings (SSSR count). The molecule has 0 radical (unpaired) electrons. The van der Waals surface area contributed by atoms with E-state index in [1.165, 1.54) is 11.3 Å². The zero-order chi connectivity index (χ0) is 12.5. The van der Waals surface area contributed by atoms with Gasteiger partial charge in [-0.2, -0.15) is 4.31 Å². The highest BCUT2D eigenvalue weighted by Crippen LogP contribution is 2.34. The second-order valence-corrected chi connectivity index (χ2v) is 7.55. The van der Waals surface area contributed by atoms with Gasteiger partial charge in [0.15, 0.2) is 0 Å². The Kier molecular flexibility index (Phi) is 4.13. The lowest BCUT2D eigenvalue weighted by Crippen LogP contribution is -2.33. The summed E-state index contributed by atoms with van der Waals surface area (Å²) in [6, 6.07) is 1.92. The molecule has 0 N–H and O–H groups in total. The van der Waals surface area contributed by atoms with Crippen LogP contribution in [0.5, 0.6) is 0 Å². The lowest BCUT2D eigenvalue weighted by molar-refractivity contribution is 0.404. The van der Waals surface area contributed by atoms with E-state index in [-0.39, 0.29) is 6.04 Å². The number of halogens is 1. The summed E-state index contributed by atoms with van der Waals surface area (Å²) in [5.74, 6) is 0.364. The van der Waals surface area contributed by atoms with Crippen LogP contribution in [0.1, 0.15) is 31.7 Å². The van der Waals surface area contributed by atoms with E-state index in [1.54, 1.807) is 10.4 Å². The fraction of sp³-hybridized carbons (Fsp3) is 0.636. The third-order valence-electron chi connectivity index (χ3n) is 2.75. The van der Waals surface area contributed by atoms with Crippen molar-refractivity contribution in [3.05, 3.63) is 17.0 Å². The summed E-state index contributed by atoms with van der Waals surface area (Å²) in [5.41, 5.74) is 0.877. The van der Waals surface area contributed by atoms with Crippen LogP contribution in [0.15, 0.2) is 15.7 Å². The van der Waals surface area contributed by atoms with E-state index in [2.05, 4.69) is 0 Å². The number of rotatable bonds is 6. The molecule has 0 bridgehead atoms. The van der Waals surface area contributed by atoms with Crippen LogP contribution in [-0.4, -0.2) is 25.3 Å². The molecule has 1 aliphatic rings. The molecule has 3 nitrogen and oxygen atoms in total. The Hall–Kier alpha value is -0.100. The molecule has 1 aliphatic carbocycles. The largest absolute Gasteiger partial charge is 0.252 e. The topological polar surface area (TPSA) is 37.4 Å². The molecular formula is C11H16ClNO2S2. The Morgan fingerprint density at radius 2 is 2.24 bits per heavy atom. The van der Waals surface area contributed by atoms with Gasteiger partial charge in [-0.25, -0.2) is 8.42 Å². The molecule has 1 fully saturated rings. The quantitative estimate of drug-likeness (QED) is 0.756. The highest BCUT2D eigenvalue weighted by Gasteiger charge is 2.37. The average molecular weight is 294 g/mol. The number of hydrogen-bond acceptors (Lipinski definition) is 3. The van der Waals surface area contributed by atoms with Gasteiger partial charge in [0.05, 0.1) is 0 Å². The minimum absolute atomic E-state index is 0.224. The Morgan fingerprint density at radius 3 is 2.71 bits per heavy atom. The van der Waals surface area contributed by atoms with Crippen molar-refractivity contribution < 1.29 is 8.42 Å². The van der Waals surface area contributed by atoms with Crippen LogP contribution in [-0.2, 0) is 15.9 Å². The first kappa shape index (κ1) is 13.3. The molecular weight excluding hydrogens is 278 g/mol. The van der Waals surface area contributed by atoms with Crippen LogP contribution >= 0.6 is 22.9 Å². The number of thiophene rings is 1. The van der Waals surface area contributed by atoms with Gasteiger partial charge in [-0.05, 0) is 36.3 Å². The SMILES string of the molecule is CCCN(C1CC1)S(=O)(=O)c1cc(CCl)cs1. The first-order chi connectivity index (χ1) is 8.09. The van der Waals surface area contributed by atoms with Gasteiger partial charge in [0.2, 0.25) is 0 Å². The van der Waals surface area contributed by atoms with Gasteiger partial charge >= 0.3 is 0 Å². The van der Waals surface area contributed by atoms with E-state index in [0.29, 0.717) is 16.6 Å². The summed E-state index contributed by atoms with van der Waals surface area (Å²) in [4.78, 5) is 0. The Morgan fingerprint density at radius 1 is 1.53 bits per heavy atom. The fourth-order valence-corrected chi connectivity index (χ4v) is 5.12. The summed E-state index contributed by atoms with van der Waals surface area (Å²) in [6.07, 6.45) is 2.84. The highest BCUT2D eigenvalue weighted by molar-refractivity contribution is 7.91. The van der Waals surface area contributed by atoms with Crippen LogP contribution in [0.3, 0.4) is 0 Å². The minimum Gasteiger partial charge on any atom is -0.206 e. The van der Waals surface area contributed by atoms with E-state index in [9.17, 15) is 8.42 Å². The second kappa shape index (κ2) is 5.26. The zero-order valence-corrected chi connectivity index (χ0v) is 12.1. The normalized spacial score (nSPS) is 16.6. The molecule has 0 saturated heterocycles. The third kappa shape index (κ3) is 2.84. The van der Waals surface area contributed by atoms with Crippen molar-refractivity contribution >= 4 is 33.0 Å². The van der Waals surface area contributed by atoms with Crippen molar-refractivity contribution in [3.63, 3.8) is 0 Å². The maximum absolute atomic E-state index is 12.4. The number of hydrogen-bond donors (Lipinski definition) is 0. The summed E-state index contributed by atoms with van der Waals surface area (Å²) in [7, 11) is -3.30. The smallest absolute Gasteiger partial charge is 0.206 e. The molecule has 0 spiro atoms. The third-order valence-corrected chi connectivity index (χ3v) is 6.47. The lowest BCUT2D eigenvalue weighted by atomic mass is 10.4. The van der Waals surface area contributed by atoms with Crippen molar-refractivity contribution in [2.45, 2.75) is 42.3 Å². The minimum atomic E-state index is -3.30. The van der Waals surface area contributed by atoms with E-state index in [0.717, 1.165) is 24.8 Å². The van der Waals surface area contributed by atoms with Crippen molar-refractivity contribution in [2.24, 2.45) is 0 Å². The predicted molar refractivity (Wildman–Crippen MR) is 71.1 cm³/mol. The lowest BCUT2D eigenvalue weighted by Gasteiger charge is -2.19. The van der Waals surface area contributed by atoms with Gasteiger partial charge in [-0.3, -0.25) is 0 Å². The number of sulfonamides is 1. The van der Waals surface area contributed by atoms with E-state index in [1.807, 2.05) is 12.3 Å². The van der Waals surface area contributed by atoms with Crippen molar-refractivity contribution in [3.8, 4) is 0 Å². The first-order valence-electron chi connectivity index (χ1n) is 5.74. The molecule has 0 atom stereocenters. The zero-order valence-electron chi connectivity index (χ0n) is 9.73. The van der Waals surface area contributed by atoms with Crippen LogP contribution in [0.4, 0.5) is 0 Å². The van der Waals surface area contributed by atoms with Crippen LogP contribution < -0.4 is 0 Å². The number of alkyl halides is 1. The number of nitrogens with zero attached hydrogens (tertiary/aromatic N) is 1. The van der Waals surface area contributed by atoms with E-state index in [4.69, 9.17) is 11.6 Å². The van der Waals surface area contributed by atoms with Gasteiger partial charge in [0, 0.05) is 18.5 Å². The van der Waals surface area contributed by atoms with Crippen molar-refractivity contribution in [1.29, 1.82) is 0 Å². The predicted octanol–water partition coefficient (Wildman–Crippen LogP) is 3.05. The standard InChI is InChI=1S/C11H16ClNO2S2/c1-2-5-13(10-3-4-10)17(14,15)11-6-9(7-12)8-16-11/h6,8,10H,2-5,7H2,1H3. The maximum atomic E-state index is 12.4. The molecule has 0 amide bonds. The second-order valence-electron chi connectivity index (χ2n) is 4.25. The van der Waals surface area contributed by atoms with Crippen molar-refractivity contribution in [1.82, 2.24) is 4.31 Å². The highest BCUT2D eigenvalue weighted by atomic mass is 35.5. The van der Waals surface area contributed by atoms with Crippen molar-refractivity contribution in [2.75, 3.05) is 6.54 Å². The molecule has 6 heteroatoms. The monoisotopic (exact) mass is 293 g/mol. The molecule has 1 aromatic heterocycles. The average Bonchev–Trinajstić information content (AvgIpc) is 3.01. The van der Waals surface area contributed by atoms with Crippen LogP contribution in [0, 0.1) is 0 Å². The summed E-state index contributed by atoms with van der Waals surface area (Å²) in [5, 5.41) is 1.82. The Labute approximate surface area is 111 Å². The van der Waals surface area contributed by atoms with Crippen LogP contribution in [0.2, 0.25) is 0 Å². The molecule has 17 heavy (non-hydrogen) atoms. The summed E-state index contributed by atoms with van der Waals surface area (Å²) >= 11 is 6.97. The van der Waals surface area contributed by atoms with E-state index < -0.39 is 10.0 Å².